The highest BCUT2D eigenvalue weighted by Crippen LogP contribution is 2.15. The Kier molecular flexibility index (Phi) is 2.68. The molecule has 0 saturated carbocycles. The average molecular weight is 170 g/mol. The number of urea groups is 1. The Labute approximate surface area is 71.7 Å². The second-order valence-electron chi connectivity index (χ2n) is 3.02. The first-order valence-electron chi connectivity index (χ1n) is 4.30. The number of carbonyl (C=O) groups is 2. The Bertz CT molecular complexity index is 199. The zero-order chi connectivity index (χ0) is 9.14. The summed E-state index contributed by atoms with van der Waals surface area (Å²) >= 11 is 0. The largest absolute Gasteiger partial charge is 0.326 e. The summed E-state index contributed by atoms with van der Waals surface area (Å²) in [7, 11) is 0. The van der Waals surface area contributed by atoms with Crippen LogP contribution in [0.2, 0.25) is 0 Å². The summed E-state index contributed by atoms with van der Waals surface area (Å²) in [5, 5.41) is 4.83. The lowest BCUT2D eigenvalue weighted by Crippen LogP contribution is -2.36. The molecule has 0 radical (unpaired) electrons. The molecular formula is C8H14N2O2. The lowest BCUT2D eigenvalue weighted by Gasteiger charge is -2.16. The maximum Gasteiger partial charge on any atom is 0.322 e. The van der Waals surface area contributed by atoms with Crippen LogP contribution in [0.5, 0.6) is 0 Å². The van der Waals surface area contributed by atoms with Crippen LogP contribution in [-0.2, 0) is 4.79 Å². The van der Waals surface area contributed by atoms with E-state index in [0.29, 0.717) is 0 Å². The molecule has 12 heavy (non-hydrogen) atoms. The minimum absolute atomic E-state index is 0.186. The summed E-state index contributed by atoms with van der Waals surface area (Å²) in [6.07, 6.45) is 1.82. The number of nitrogens with one attached hydrogen (secondary N) is 2. The van der Waals surface area contributed by atoms with Crippen LogP contribution in [0.15, 0.2) is 0 Å². The Balaban J connectivity index is 2.62. The standard InChI is InChI=1S/C8H14N2O2/c1-3-5(4-2)6-7(11)10-8(12)9-6/h5-6H,3-4H2,1-2H3,(H2,9,10,11,12)/t6-/m0/s1. The van der Waals surface area contributed by atoms with Crippen molar-refractivity contribution in [2.75, 3.05) is 0 Å². The van der Waals surface area contributed by atoms with Gasteiger partial charge in [0.05, 0.1) is 0 Å². The normalized spacial score (nSPS) is 22.8. The number of amides is 3. The first kappa shape index (κ1) is 9.03. The van der Waals surface area contributed by atoms with Crippen LogP contribution in [0.1, 0.15) is 26.7 Å². The molecular weight excluding hydrogens is 156 g/mol. The van der Waals surface area contributed by atoms with Crippen LogP contribution in [0.25, 0.3) is 0 Å². The van der Waals surface area contributed by atoms with Crippen molar-refractivity contribution in [3.63, 3.8) is 0 Å². The van der Waals surface area contributed by atoms with Crippen molar-refractivity contribution in [1.29, 1.82) is 0 Å². The predicted octanol–water partition coefficient (Wildman–Crippen LogP) is 0.631. The van der Waals surface area contributed by atoms with E-state index in [0.717, 1.165) is 12.8 Å². The molecule has 1 aliphatic rings. The van der Waals surface area contributed by atoms with Crippen molar-refractivity contribution in [2.45, 2.75) is 32.7 Å². The van der Waals surface area contributed by atoms with Gasteiger partial charge in [-0.05, 0) is 5.92 Å². The van der Waals surface area contributed by atoms with E-state index in [1.165, 1.54) is 0 Å². The molecule has 1 atom stereocenters. The Morgan fingerprint density at radius 3 is 2.25 bits per heavy atom. The molecule has 3 amide bonds. The number of hydrogen-bond donors (Lipinski definition) is 2. The smallest absolute Gasteiger partial charge is 0.322 e. The number of hydrogen-bond acceptors (Lipinski definition) is 2. The summed E-state index contributed by atoms with van der Waals surface area (Å²) in [6.45, 7) is 4.04. The number of imide groups is 1. The molecule has 1 saturated heterocycles. The Morgan fingerprint density at radius 1 is 1.33 bits per heavy atom. The van der Waals surface area contributed by atoms with Gasteiger partial charge >= 0.3 is 6.03 Å². The van der Waals surface area contributed by atoms with Crippen molar-refractivity contribution >= 4 is 11.9 Å². The van der Waals surface area contributed by atoms with Crippen molar-refractivity contribution < 1.29 is 9.59 Å². The molecule has 4 heteroatoms. The second kappa shape index (κ2) is 3.56. The van der Waals surface area contributed by atoms with Crippen LogP contribution < -0.4 is 10.6 Å². The molecule has 0 aromatic carbocycles. The van der Waals surface area contributed by atoms with Crippen LogP contribution >= 0.6 is 0 Å². The topological polar surface area (TPSA) is 58.2 Å². The highest BCUT2D eigenvalue weighted by atomic mass is 16.2. The van der Waals surface area contributed by atoms with E-state index in [2.05, 4.69) is 10.6 Å². The van der Waals surface area contributed by atoms with Gasteiger partial charge in [0.2, 0.25) is 0 Å². The van der Waals surface area contributed by atoms with Gasteiger partial charge in [-0.25, -0.2) is 4.79 Å². The molecule has 0 spiro atoms. The Morgan fingerprint density at radius 2 is 1.92 bits per heavy atom. The summed E-state index contributed by atoms with van der Waals surface area (Å²) < 4.78 is 0. The lowest BCUT2D eigenvalue weighted by molar-refractivity contribution is -0.121. The molecule has 0 aromatic rings. The van der Waals surface area contributed by atoms with Crippen molar-refractivity contribution in [2.24, 2.45) is 5.92 Å². The fraction of sp³-hybridized carbons (Fsp3) is 0.750. The van der Waals surface area contributed by atoms with Crippen molar-refractivity contribution in [1.82, 2.24) is 10.6 Å². The van der Waals surface area contributed by atoms with E-state index in [4.69, 9.17) is 0 Å². The van der Waals surface area contributed by atoms with Crippen LogP contribution in [0, 0.1) is 5.92 Å². The molecule has 2 N–H and O–H groups in total. The molecule has 1 aliphatic heterocycles. The third-order valence-electron chi connectivity index (χ3n) is 2.33. The maximum absolute atomic E-state index is 11.1. The SMILES string of the molecule is CCC(CC)[C@@H]1NC(=O)NC1=O. The van der Waals surface area contributed by atoms with E-state index < -0.39 is 0 Å². The first-order chi connectivity index (χ1) is 5.69. The average Bonchev–Trinajstić information content (AvgIpc) is 2.34. The fourth-order valence-corrected chi connectivity index (χ4v) is 1.52. The molecule has 0 aliphatic carbocycles. The van der Waals surface area contributed by atoms with Crippen molar-refractivity contribution in [3.05, 3.63) is 0 Å². The molecule has 1 rings (SSSR count). The molecule has 68 valence electrons. The van der Waals surface area contributed by atoms with Gasteiger partial charge in [-0.2, -0.15) is 0 Å². The summed E-state index contributed by atoms with van der Waals surface area (Å²) in [5.41, 5.74) is 0. The van der Waals surface area contributed by atoms with Gasteiger partial charge in [-0.3, -0.25) is 10.1 Å². The number of rotatable bonds is 3. The molecule has 4 nitrogen and oxygen atoms in total. The van der Waals surface area contributed by atoms with E-state index in [9.17, 15) is 9.59 Å². The molecule has 1 heterocycles. The van der Waals surface area contributed by atoms with Gasteiger partial charge < -0.3 is 5.32 Å². The van der Waals surface area contributed by atoms with E-state index in [-0.39, 0.29) is 23.9 Å². The van der Waals surface area contributed by atoms with E-state index in [1.54, 1.807) is 0 Å². The maximum atomic E-state index is 11.1. The van der Waals surface area contributed by atoms with Gasteiger partial charge in [0, 0.05) is 0 Å². The van der Waals surface area contributed by atoms with Gasteiger partial charge in [0.1, 0.15) is 6.04 Å². The molecule has 0 aromatic heterocycles. The van der Waals surface area contributed by atoms with Gasteiger partial charge in [-0.15, -0.1) is 0 Å². The second-order valence-corrected chi connectivity index (χ2v) is 3.02. The fourth-order valence-electron chi connectivity index (χ4n) is 1.52. The van der Waals surface area contributed by atoms with Crippen LogP contribution in [0.4, 0.5) is 4.79 Å². The third-order valence-corrected chi connectivity index (χ3v) is 2.33. The quantitative estimate of drug-likeness (QED) is 0.610. The number of carbonyl (C=O) groups excluding carboxylic acids is 2. The Hall–Kier alpha value is -1.06. The summed E-state index contributed by atoms with van der Waals surface area (Å²) in [4.78, 5) is 21.9. The van der Waals surface area contributed by atoms with Crippen LogP contribution in [0.3, 0.4) is 0 Å². The monoisotopic (exact) mass is 170 g/mol. The van der Waals surface area contributed by atoms with Crippen molar-refractivity contribution in [3.8, 4) is 0 Å². The van der Waals surface area contributed by atoms with Gasteiger partial charge in [0.15, 0.2) is 0 Å². The summed E-state index contributed by atoms with van der Waals surface area (Å²) in [5.74, 6) is 0.0742. The highest BCUT2D eigenvalue weighted by molar-refractivity contribution is 6.04. The molecule has 0 bridgehead atoms. The molecule has 1 fully saturated rings. The first-order valence-corrected chi connectivity index (χ1v) is 4.30. The zero-order valence-corrected chi connectivity index (χ0v) is 7.39. The minimum Gasteiger partial charge on any atom is -0.326 e. The molecule has 0 unspecified atom stereocenters. The minimum atomic E-state index is -0.364. The van der Waals surface area contributed by atoms with Gasteiger partial charge in [-0.1, -0.05) is 26.7 Å². The summed E-state index contributed by atoms with van der Waals surface area (Å²) in [6, 6.07) is -0.676. The zero-order valence-electron chi connectivity index (χ0n) is 7.39. The van der Waals surface area contributed by atoms with E-state index >= 15 is 0 Å². The van der Waals surface area contributed by atoms with E-state index in [1.807, 2.05) is 13.8 Å². The predicted molar refractivity (Wildman–Crippen MR) is 44.5 cm³/mol. The third kappa shape index (κ3) is 1.57. The van der Waals surface area contributed by atoms with Crippen LogP contribution in [-0.4, -0.2) is 18.0 Å². The van der Waals surface area contributed by atoms with Gasteiger partial charge in [0.25, 0.3) is 5.91 Å². The lowest BCUT2D eigenvalue weighted by atomic mass is 9.94. The highest BCUT2D eigenvalue weighted by Gasteiger charge is 2.34.